The van der Waals surface area contributed by atoms with Gasteiger partial charge >= 0.3 is 0 Å². The summed E-state index contributed by atoms with van der Waals surface area (Å²) in [7, 11) is 0. The molecular weight excluding hydrogens is 300 g/mol. The molecule has 1 aromatic heterocycles. The van der Waals surface area contributed by atoms with E-state index < -0.39 is 0 Å². The lowest BCUT2D eigenvalue weighted by atomic mass is 10.0. The summed E-state index contributed by atoms with van der Waals surface area (Å²) >= 11 is 0. The van der Waals surface area contributed by atoms with Crippen LogP contribution in [0.3, 0.4) is 0 Å². The smallest absolute Gasteiger partial charge is 0.248 e. The van der Waals surface area contributed by atoms with Crippen LogP contribution in [0.5, 0.6) is 0 Å². The second-order valence-corrected chi connectivity index (χ2v) is 6.94. The molecular formula is C19H24N4O. The number of primary amides is 1. The van der Waals surface area contributed by atoms with E-state index in [2.05, 4.69) is 9.88 Å². The number of H-pyrrole nitrogens is 1. The van der Waals surface area contributed by atoms with Gasteiger partial charge in [0.25, 0.3) is 0 Å². The summed E-state index contributed by atoms with van der Waals surface area (Å²) in [5.41, 5.74) is 9.73. The minimum absolute atomic E-state index is 0.373. The Kier molecular flexibility index (Phi) is 4.10. The minimum atomic E-state index is -0.373. The van der Waals surface area contributed by atoms with E-state index in [1.807, 2.05) is 24.3 Å². The number of amides is 1. The van der Waals surface area contributed by atoms with Crippen LogP contribution < -0.4 is 5.73 Å². The fourth-order valence-electron chi connectivity index (χ4n) is 3.97. The largest absolute Gasteiger partial charge is 0.366 e. The maximum Gasteiger partial charge on any atom is 0.248 e. The lowest BCUT2D eigenvalue weighted by Gasteiger charge is -2.23. The number of nitrogens with two attached hydrogens (primary N) is 1. The monoisotopic (exact) mass is 324 g/mol. The number of carbonyl (C=O) groups excluding carboxylic acids is 1. The molecule has 1 atom stereocenters. The van der Waals surface area contributed by atoms with Crippen molar-refractivity contribution in [2.75, 3.05) is 6.54 Å². The van der Waals surface area contributed by atoms with Crippen LogP contribution in [-0.2, 0) is 19.4 Å². The second-order valence-electron chi connectivity index (χ2n) is 6.94. The number of hydrogen-bond acceptors (Lipinski definition) is 3. The van der Waals surface area contributed by atoms with Gasteiger partial charge in [0.2, 0.25) is 5.91 Å². The normalized spacial score (nSPS) is 20.9. The fourth-order valence-corrected chi connectivity index (χ4v) is 3.97. The standard InChI is InChI=1S/C19H24N4O/c20-18(24)14-9-7-13(8-10-14)12-23-11-3-6-17(23)19-21-15-4-1-2-5-16(15)22-19/h7-10,17H,1-6,11-12H2,(H2,20,24)(H,21,22)/t17-/m1/s1. The molecule has 0 spiro atoms. The molecule has 1 aliphatic carbocycles. The molecule has 2 aromatic rings. The lowest BCUT2D eigenvalue weighted by molar-refractivity contribution is 0.100. The third-order valence-electron chi connectivity index (χ3n) is 5.28. The highest BCUT2D eigenvalue weighted by Gasteiger charge is 2.29. The molecule has 4 rings (SSSR count). The third kappa shape index (κ3) is 2.96. The molecule has 1 amide bonds. The summed E-state index contributed by atoms with van der Waals surface area (Å²) in [6, 6.07) is 8.01. The zero-order valence-electron chi connectivity index (χ0n) is 13.9. The zero-order chi connectivity index (χ0) is 16.5. The van der Waals surface area contributed by atoms with Crippen LogP contribution in [0.25, 0.3) is 0 Å². The van der Waals surface area contributed by atoms with Gasteiger partial charge in [-0.25, -0.2) is 4.98 Å². The van der Waals surface area contributed by atoms with Crippen molar-refractivity contribution in [3.05, 3.63) is 52.6 Å². The number of likely N-dealkylation sites (tertiary alicyclic amines) is 1. The Morgan fingerprint density at radius 1 is 1.21 bits per heavy atom. The van der Waals surface area contributed by atoms with E-state index in [0.29, 0.717) is 11.6 Å². The van der Waals surface area contributed by atoms with E-state index in [0.717, 1.165) is 38.2 Å². The van der Waals surface area contributed by atoms with Gasteiger partial charge in [-0.15, -0.1) is 0 Å². The third-order valence-corrected chi connectivity index (χ3v) is 5.28. The number of benzene rings is 1. The number of fused-ring (bicyclic) bond motifs is 1. The Labute approximate surface area is 142 Å². The number of aryl methyl sites for hydroxylation is 2. The second kappa shape index (κ2) is 6.40. The number of aromatic amines is 1. The van der Waals surface area contributed by atoms with Gasteiger partial charge in [-0.2, -0.15) is 0 Å². The van der Waals surface area contributed by atoms with Crippen molar-refractivity contribution in [2.24, 2.45) is 5.73 Å². The Morgan fingerprint density at radius 2 is 2.00 bits per heavy atom. The Balaban J connectivity index is 1.50. The minimum Gasteiger partial charge on any atom is -0.366 e. The summed E-state index contributed by atoms with van der Waals surface area (Å²) in [5, 5.41) is 0. The maximum absolute atomic E-state index is 11.2. The van der Waals surface area contributed by atoms with E-state index in [4.69, 9.17) is 10.7 Å². The number of nitrogens with one attached hydrogen (secondary N) is 1. The summed E-state index contributed by atoms with van der Waals surface area (Å²) in [4.78, 5) is 22.2. The predicted octanol–water partition coefficient (Wildman–Crippen LogP) is 2.72. The maximum atomic E-state index is 11.2. The van der Waals surface area contributed by atoms with Crippen molar-refractivity contribution < 1.29 is 4.79 Å². The first kappa shape index (κ1) is 15.4. The molecule has 24 heavy (non-hydrogen) atoms. The number of rotatable bonds is 4. The van der Waals surface area contributed by atoms with Crippen molar-refractivity contribution in [2.45, 2.75) is 51.1 Å². The van der Waals surface area contributed by atoms with Crippen molar-refractivity contribution in [3.63, 3.8) is 0 Å². The van der Waals surface area contributed by atoms with Crippen LogP contribution in [0.2, 0.25) is 0 Å². The molecule has 126 valence electrons. The number of aromatic nitrogens is 2. The van der Waals surface area contributed by atoms with Gasteiger partial charge in [-0.3, -0.25) is 9.69 Å². The molecule has 0 saturated carbocycles. The fraction of sp³-hybridized carbons (Fsp3) is 0.474. The molecule has 0 radical (unpaired) electrons. The van der Waals surface area contributed by atoms with Gasteiger partial charge in [0.05, 0.1) is 11.7 Å². The highest BCUT2D eigenvalue weighted by molar-refractivity contribution is 5.92. The first-order valence-corrected chi connectivity index (χ1v) is 8.91. The molecule has 2 aliphatic rings. The van der Waals surface area contributed by atoms with Crippen LogP contribution in [0.15, 0.2) is 24.3 Å². The van der Waals surface area contributed by atoms with Crippen molar-refractivity contribution in [3.8, 4) is 0 Å². The predicted molar refractivity (Wildman–Crippen MR) is 92.6 cm³/mol. The zero-order valence-corrected chi connectivity index (χ0v) is 13.9. The Bertz CT molecular complexity index is 711. The van der Waals surface area contributed by atoms with E-state index in [1.54, 1.807) is 0 Å². The molecule has 3 N–H and O–H groups in total. The first-order chi connectivity index (χ1) is 11.7. The Hall–Kier alpha value is -2.14. The molecule has 1 aliphatic heterocycles. The SMILES string of the molecule is NC(=O)c1ccc(CN2CCC[C@@H]2c2nc3c([nH]2)CCCC3)cc1. The van der Waals surface area contributed by atoms with Crippen molar-refractivity contribution in [1.82, 2.24) is 14.9 Å². The molecule has 5 nitrogen and oxygen atoms in total. The van der Waals surface area contributed by atoms with Crippen LogP contribution in [-0.4, -0.2) is 27.3 Å². The summed E-state index contributed by atoms with van der Waals surface area (Å²) in [6.07, 6.45) is 7.16. The van der Waals surface area contributed by atoms with Gasteiger partial charge in [-0.1, -0.05) is 12.1 Å². The van der Waals surface area contributed by atoms with Crippen molar-refractivity contribution in [1.29, 1.82) is 0 Å². The highest BCUT2D eigenvalue weighted by atomic mass is 16.1. The highest BCUT2D eigenvalue weighted by Crippen LogP contribution is 2.33. The molecule has 1 saturated heterocycles. The van der Waals surface area contributed by atoms with Gasteiger partial charge in [0.1, 0.15) is 5.82 Å². The molecule has 2 heterocycles. The van der Waals surface area contributed by atoms with Crippen LogP contribution >= 0.6 is 0 Å². The van der Waals surface area contributed by atoms with E-state index in [1.165, 1.54) is 36.2 Å². The average Bonchev–Trinajstić information content (AvgIpc) is 3.21. The molecule has 0 bridgehead atoms. The first-order valence-electron chi connectivity index (χ1n) is 8.91. The molecule has 1 fully saturated rings. The van der Waals surface area contributed by atoms with E-state index in [-0.39, 0.29) is 5.91 Å². The quantitative estimate of drug-likeness (QED) is 0.908. The summed E-state index contributed by atoms with van der Waals surface area (Å²) in [5.74, 6) is 0.773. The molecule has 5 heteroatoms. The number of imidazole rings is 1. The lowest BCUT2D eigenvalue weighted by Crippen LogP contribution is -2.23. The molecule has 1 aromatic carbocycles. The van der Waals surface area contributed by atoms with Crippen molar-refractivity contribution >= 4 is 5.91 Å². The van der Waals surface area contributed by atoms with Gasteiger partial charge in [0, 0.05) is 17.8 Å². The number of hydrogen-bond donors (Lipinski definition) is 2. The van der Waals surface area contributed by atoms with Crippen LogP contribution in [0.1, 0.15) is 64.9 Å². The summed E-state index contributed by atoms with van der Waals surface area (Å²) in [6.45, 7) is 1.97. The van der Waals surface area contributed by atoms with Crippen LogP contribution in [0.4, 0.5) is 0 Å². The van der Waals surface area contributed by atoms with Gasteiger partial charge in [0.15, 0.2) is 0 Å². The topological polar surface area (TPSA) is 75.0 Å². The van der Waals surface area contributed by atoms with E-state index in [9.17, 15) is 4.79 Å². The Morgan fingerprint density at radius 3 is 2.75 bits per heavy atom. The number of nitrogens with zero attached hydrogens (tertiary/aromatic N) is 2. The average molecular weight is 324 g/mol. The van der Waals surface area contributed by atoms with Gasteiger partial charge < -0.3 is 10.7 Å². The number of carbonyl (C=O) groups is 1. The van der Waals surface area contributed by atoms with Crippen LogP contribution in [0, 0.1) is 0 Å². The van der Waals surface area contributed by atoms with E-state index >= 15 is 0 Å². The molecule has 0 unspecified atom stereocenters. The van der Waals surface area contributed by atoms with Gasteiger partial charge in [-0.05, 0) is 62.8 Å². The summed E-state index contributed by atoms with van der Waals surface area (Å²) < 4.78 is 0.